The van der Waals surface area contributed by atoms with E-state index in [0.29, 0.717) is 12.0 Å². The molecule has 0 aliphatic heterocycles. The van der Waals surface area contributed by atoms with Crippen molar-refractivity contribution in [3.63, 3.8) is 0 Å². The monoisotopic (exact) mass is 289 g/mol. The van der Waals surface area contributed by atoms with E-state index in [2.05, 4.69) is 60.2 Å². The molecule has 0 radical (unpaired) electrons. The molecule has 0 amide bonds. The third-order valence-electron chi connectivity index (χ3n) is 3.63. The van der Waals surface area contributed by atoms with E-state index in [0.717, 1.165) is 26.1 Å². The van der Waals surface area contributed by atoms with Gasteiger partial charge in [0.2, 0.25) is 0 Å². The molecule has 2 rings (SSSR count). The molecule has 21 heavy (non-hydrogen) atoms. The van der Waals surface area contributed by atoms with Gasteiger partial charge in [0.25, 0.3) is 0 Å². The molecule has 2 aromatic rings. The maximum Gasteiger partial charge on any atom is 0.0534 e. The molecule has 0 aliphatic rings. The van der Waals surface area contributed by atoms with Gasteiger partial charge in [0.15, 0.2) is 0 Å². The number of hydrogen-bond donors (Lipinski definition) is 1. The van der Waals surface area contributed by atoms with Crippen molar-refractivity contribution in [3.05, 3.63) is 35.9 Å². The highest BCUT2D eigenvalue weighted by atomic mass is 15.3. The highest BCUT2D eigenvalue weighted by Gasteiger charge is 2.08. The van der Waals surface area contributed by atoms with Crippen LogP contribution in [0.4, 0.5) is 0 Å². The second-order valence-corrected chi connectivity index (χ2v) is 6.09. The Hall–Kier alpha value is -1.62. The molecule has 1 N–H and O–H groups in total. The number of hydrogen-bond acceptors (Lipinski definition) is 3. The number of rotatable bonds is 8. The zero-order valence-electron chi connectivity index (χ0n) is 13.6. The largest absolute Gasteiger partial charge is 0.307 e. The van der Waals surface area contributed by atoms with Crippen molar-refractivity contribution < 1.29 is 0 Å². The van der Waals surface area contributed by atoms with Gasteiger partial charge in [-0.3, -0.25) is 9.36 Å². The van der Waals surface area contributed by atoms with Crippen LogP contribution in [0.25, 0.3) is 0 Å². The van der Waals surface area contributed by atoms with Crippen LogP contribution in [0.15, 0.2) is 24.7 Å². The van der Waals surface area contributed by atoms with Crippen LogP contribution in [-0.4, -0.2) is 19.6 Å². The SMILES string of the molecule is CC[C@@H](C)n1nccc1CNCc1cnn(CC(C)C)c1. The third-order valence-corrected chi connectivity index (χ3v) is 3.63. The Kier molecular flexibility index (Phi) is 5.56. The summed E-state index contributed by atoms with van der Waals surface area (Å²) in [5.41, 5.74) is 2.46. The van der Waals surface area contributed by atoms with Crippen LogP contribution in [0.2, 0.25) is 0 Å². The molecule has 0 spiro atoms. The van der Waals surface area contributed by atoms with E-state index in [9.17, 15) is 0 Å². The second-order valence-electron chi connectivity index (χ2n) is 6.09. The van der Waals surface area contributed by atoms with E-state index in [1.165, 1.54) is 11.3 Å². The van der Waals surface area contributed by atoms with Gasteiger partial charge in [-0.05, 0) is 25.3 Å². The quantitative estimate of drug-likeness (QED) is 0.812. The van der Waals surface area contributed by atoms with Crippen molar-refractivity contribution in [1.82, 2.24) is 24.9 Å². The van der Waals surface area contributed by atoms with Crippen molar-refractivity contribution in [2.45, 2.75) is 59.8 Å². The highest BCUT2D eigenvalue weighted by molar-refractivity contribution is 5.05. The molecule has 0 bridgehead atoms. The summed E-state index contributed by atoms with van der Waals surface area (Å²) in [5, 5.41) is 12.3. The zero-order valence-corrected chi connectivity index (χ0v) is 13.6. The summed E-state index contributed by atoms with van der Waals surface area (Å²) in [6.07, 6.45) is 7.04. The maximum absolute atomic E-state index is 4.41. The lowest BCUT2D eigenvalue weighted by molar-refractivity contribution is 0.451. The highest BCUT2D eigenvalue weighted by Crippen LogP contribution is 2.12. The first-order valence-corrected chi connectivity index (χ1v) is 7.84. The van der Waals surface area contributed by atoms with Gasteiger partial charge in [-0.1, -0.05) is 20.8 Å². The summed E-state index contributed by atoms with van der Waals surface area (Å²) >= 11 is 0. The predicted molar refractivity (Wildman–Crippen MR) is 84.8 cm³/mol. The Morgan fingerprint density at radius 3 is 2.71 bits per heavy atom. The van der Waals surface area contributed by atoms with E-state index >= 15 is 0 Å². The minimum atomic E-state index is 0.450. The summed E-state index contributed by atoms with van der Waals surface area (Å²) in [5.74, 6) is 0.621. The van der Waals surface area contributed by atoms with E-state index < -0.39 is 0 Å². The summed E-state index contributed by atoms with van der Waals surface area (Å²) in [4.78, 5) is 0. The average molecular weight is 289 g/mol. The van der Waals surface area contributed by atoms with Crippen LogP contribution < -0.4 is 5.32 Å². The molecule has 0 saturated carbocycles. The van der Waals surface area contributed by atoms with Gasteiger partial charge in [0, 0.05) is 43.6 Å². The second kappa shape index (κ2) is 7.41. The first kappa shape index (κ1) is 15.8. The van der Waals surface area contributed by atoms with Gasteiger partial charge < -0.3 is 5.32 Å². The van der Waals surface area contributed by atoms with Crippen LogP contribution in [-0.2, 0) is 19.6 Å². The van der Waals surface area contributed by atoms with Crippen molar-refractivity contribution in [3.8, 4) is 0 Å². The first-order chi connectivity index (χ1) is 10.1. The summed E-state index contributed by atoms with van der Waals surface area (Å²) in [6.45, 7) is 11.4. The van der Waals surface area contributed by atoms with Crippen molar-refractivity contribution >= 4 is 0 Å². The van der Waals surface area contributed by atoms with Crippen LogP contribution in [0.3, 0.4) is 0 Å². The summed E-state index contributed by atoms with van der Waals surface area (Å²) in [7, 11) is 0. The lowest BCUT2D eigenvalue weighted by atomic mass is 10.2. The van der Waals surface area contributed by atoms with Crippen molar-refractivity contribution in [1.29, 1.82) is 0 Å². The molecular weight excluding hydrogens is 262 g/mol. The van der Waals surface area contributed by atoms with Crippen LogP contribution in [0, 0.1) is 5.92 Å². The van der Waals surface area contributed by atoms with E-state index in [-0.39, 0.29) is 0 Å². The van der Waals surface area contributed by atoms with Gasteiger partial charge in [-0.15, -0.1) is 0 Å². The molecular formula is C16H27N5. The smallest absolute Gasteiger partial charge is 0.0534 e. The molecule has 2 aromatic heterocycles. The molecule has 5 nitrogen and oxygen atoms in total. The predicted octanol–water partition coefficient (Wildman–Crippen LogP) is 3.00. The van der Waals surface area contributed by atoms with Crippen LogP contribution >= 0.6 is 0 Å². The third kappa shape index (κ3) is 4.43. The van der Waals surface area contributed by atoms with Crippen molar-refractivity contribution in [2.75, 3.05) is 0 Å². The number of nitrogens with zero attached hydrogens (tertiary/aromatic N) is 4. The van der Waals surface area contributed by atoms with Gasteiger partial charge in [0.05, 0.1) is 11.9 Å². The Balaban J connectivity index is 1.84. The van der Waals surface area contributed by atoms with Crippen LogP contribution in [0.1, 0.15) is 51.4 Å². The molecule has 0 unspecified atom stereocenters. The fourth-order valence-corrected chi connectivity index (χ4v) is 2.36. The molecule has 0 aromatic carbocycles. The molecule has 2 heterocycles. The molecule has 116 valence electrons. The van der Waals surface area contributed by atoms with Crippen LogP contribution in [0.5, 0.6) is 0 Å². The molecule has 1 atom stereocenters. The Morgan fingerprint density at radius 2 is 2.00 bits per heavy atom. The Bertz CT molecular complexity index is 540. The summed E-state index contributed by atoms with van der Waals surface area (Å²) in [6, 6.07) is 2.53. The van der Waals surface area contributed by atoms with Crippen molar-refractivity contribution in [2.24, 2.45) is 5.92 Å². The van der Waals surface area contributed by atoms with E-state index in [1.54, 1.807) is 0 Å². The lowest BCUT2D eigenvalue weighted by Crippen LogP contribution is -2.18. The number of nitrogens with one attached hydrogen (secondary N) is 1. The lowest BCUT2D eigenvalue weighted by Gasteiger charge is -2.14. The topological polar surface area (TPSA) is 47.7 Å². The van der Waals surface area contributed by atoms with Gasteiger partial charge >= 0.3 is 0 Å². The Morgan fingerprint density at radius 1 is 1.19 bits per heavy atom. The minimum Gasteiger partial charge on any atom is -0.307 e. The molecule has 0 saturated heterocycles. The van der Waals surface area contributed by atoms with Gasteiger partial charge in [-0.2, -0.15) is 10.2 Å². The summed E-state index contributed by atoms with van der Waals surface area (Å²) < 4.78 is 4.13. The zero-order chi connectivity index (χ0) is 15.2. The first-order valence-electron chi connectivity index (χ1n) is 7.84. The maximum atomic E-state index is 4.41. The van der Waals surface area contributed by atoms with Gasteiger partial charge in [-0.25, -0.2) is 0 Å². The van der Waals surface area contributed by atoms with Gasteiger partial charge in [0.1, 0.15) is 0 Å². The Labute approximate surface area is 127 Å². The number of aromatic nitrogens is 4. The molecule has 5 heteroatoms. The normalized spacial score (nSPS) is 13.0. The standard InChI is InChI=1S/C16H27N5/c1-5-14(4)21-16(6-7-18-21)10-17-8-15-9-19-20(12-15)11-13(2)3/h6-7,9,12-14,17H,5,8,10-11H2,1-4H3/t14-/m1/s1. The minimum absolute atomic E-state index is 0.450. The molecule has 0 fully saturated rings. The molecule has 0 aliphatic carbocycles. The van der Waals surface area contributed by atoms with E-state index in [4.69, 9.17) is 0 Å². The average Bonchev–Trinajstić information content (AvgIpc) is 3.07. The fraction of sp³-hybridized carbons (Fsp3) is 0.625. The van der Waals surface area contributed by atoms with E-state index in [1.807, 2.05) is 17.1 Å². The fourth-order valence-electron chi connectivity index (χ4n) is 2.36.